The van der Waals surface area contributed by atoms with E-state index in [1.165, 1.54) is 7.11 Å². The van der Waals surface area contributed by atoms with Gasteiger partial charge in [0.05, 0.1) is 26.0 Å². The second-order valence-electron chi connectivity index (χ2n) is 6.75. The van der Waals surface area contributed by atoms with Gasteiger partial charge in [0.2, 0.25) is 5.91 Å². The molecular weight excluding hydrogens is 370 g/mol. The highest BCUT2D eigenvalue weighted by atomic mass is 79.9. The lowest BCUT2D eigenvalue weighted by Crippen LogP contribution is -2.30. The van der Waals surface area contributed by atoms with E-state index in [0.29, 0.717) is 6.54 Å². The summed E-state index contributed by atoms with van der Waals surface area (Å²) in [5.74, 6) is -0.618. The minimum atomic E-state index is -0.334. The number of allylic oxidation sites excluding steroid dienone is 2. The lowest BCUT2D eigenvalue weighted by molar-refractivity contribution is -0.146. The first-order valence-electron chi connectivity index (χ1n) is 8.29. The van der Waals surface area contributed by atoms with E-state index < -0.39 is 0 Å². The summed E-state index contributed by atoms with van der Waals surface area (Å²) in [6.07, 6.45) is 5.29. The molecule has 1 aliphatic heterocycles. The number of carbonyl (C=O) groups excluding carboxylic acids is 2. The Bertz CT molecular complexity index is 700. The quantitative estimate of drug-likeness (QED) is 0.727. The third kappa shape index (κ3) is 2.90. The molecule has 0 spiro atoms. The molecule has 1 aliphatic carbocycles. The first kappa shape index (κ1) is 17.2. The van der Waals surface area contributed by atoms with Crippen molar-refractivity contribution in [3.63, 3.8) is 0 Å². The molecule has 2 atom stereocenters. The molecule has 128 valence electrons. The van der Waals surface area contributed by atoms with Crippen molar-refractivity contribution in [2.75, 3.05) is 7.11 Å². The Hall–Kier alpha value is -1.62. The van der Waals surface area contributed by atoms with Crippen molar-refractivity contribution in [3.8, 4) is 0 Å². The zero-order valence-corrected chi connectivity index (χ0v) is 15.6. The average molecular weight is 392 g/mol. The molecule has 4 nitrogen and oxygen atoms in total. The highest BCUT2D eigenvalue weighted by molar-refractivity contribution is 9.10. The summed E-state index contributed by atoms with van der Waals surface area (Å²) in [6.45, 7) is 2.64. The molecule has 2 aliphatic rings. The van der Waals surface area contributed by atoms with Gasteiger partial charge in [-0.05, 0) is 30.9 Å². The third-order valence-corrected chi connectivity index (χ3v) is 6.11. The van der Waals surface area contributed by atoms with Crippen LogP contribution in [0, 0.1) is 11.3 Å². The number of amides is 1. The second-order valence-corrected chi connectivity index (χ2v) is 7.60. The van der Waals surface area contributed by atoms with E-state index in [0.717, 1.165) is 35.0 Å². The predicted molar refractivity (Wildman–Crippen MR) is 94.9 cm³/mol. The van der Waals surface area contributed by atoms with E-state index >= 15 is 0 Å². The van der Waals surface area contributed by atoms with Crippen LogP contribution in [0.3, 0.4) is 0 Å². The van der Waals surface area contributed by atoms with E-state index in [1.807, 2.05) is 29.2 Å². The second kappa shape index (κ2) is 6.71. The van der Waals surface area contributed by atoms with Crippen LogP contribution in [-0.4, -0.2) is 23.9 Å². The Balaban J connectivity index is 1.94. The number of esters is 1. The van der Waals surface area contributed by atoms with Crippen LogP contribution in [0.5, 0.6) is 0 Å². The van der Waals surface area contributed by atoms with E-state index in [9.17, 15) is 9.59 Å². The van der Waals surface area contributed by atoms with Crippen molar-refractivity contribution in [1.29, 1.82) is 0 Å². The molecule has 1 heterocycles. The number of hydrogen-bond acceptors (Lipinski definition) is 3. The van der Waals surface area contributed by atoms with Gasteiger partial charge in [-0.15, -0.1) is 0 Å². The topological polar surface area (TPSA) is 46.6 Å². The molecular formula is C19H22BrNO3. The molecule has 24 heavy (non-hydrogen) atoms. The summed E-state index contributed by atoms with van der Waals surface area (Å²) in [5, 5.41) is 0. The largest absolute Gasteiger partial charge is 0.469 e. The number of likely N-dealkylation sites (tertiary alicyclic amines) is 1. The zero-order chi connectivity index (χ0) is 17.3. The van der Waals surface area contributed by atoms with Gasteiger partial charge in [-0.1, -0.05) is 47.1 Å². The standard InChI is InChI=1S/C19H22BrNO3/c1-19-10-6-5-9-16(19)21(12-13-7-3-4-8-15(13)20)18(23)14(19)11-17(22)24-2/h3-4,7-9,14H,5-6,10-12H2,1-2H3/t14-,19-/m0/s1. The van der Waals surface area contributed by atoms with Crippen LogP contribution < -0.4 is 0 Å². The van der Waals surface area contributed by atoms with E-state index in [2.05, 4.69) is 28.9 Å². The highest BCUT2D eigenvalue weighted by Gasteiger charge is 2.53. The molecule has 0 N–H and O–H groups in total. The first-order valence-corrected chi connectivity index (χ1v) is 9.09. The molecule has 1 aromatic carbocycles. The minimum absolute atomic E-state index is 0.0341. The Labute approximate surface area is 151 Å². The fraction of sp³-hybridized carbons (Fsp3) is 0.474. The SMILES string of the molecule is COC(=O)C[C@H]1C(=O)N(Cc2ccccc2Br)C2=CCCC[C@]21C. The van der Waals surface area contributed by atoms with Crippen molar-refractivity contribution in [2.45, 2.75) is 39.2 Å². The molecule has 1 fully saturated rings. The predicted octanol–water partition coefficient (Wildman–Crippen LogP) is 4.04. The summed E-state index contributed by atoms with van der Waals surface area (Å²) in [7, 11) is 1.38. The number of methoxy groups -OCH3 is 1. The molecule has 0 bridgehead atoms. The van der Waals surface area contributed by atoms with Gasteiger partial charge >= 0.3 is 5.97 Å². The van der Waals surface area contributed by atoms with Crippen molar-refractivity contribution in [1.82, 2.24) is 4.90 Å². The average Bonchev–Trinajstić information content (AvgIpc) is 2.78. The number of benzene rings is 1. The smallest absolute Gasteiger partial charge is 0.306 e. The Morgan fingerprint density at radius 3 is 2.88 bits per heavy atom. The van der Waals surface area contributed by atoms with E-state index in [1.54, 1.807) is 0 Å². The van der Waals surface area contributed by atoms with Gasteiger partial charge in [0.15, 0.2) is 0 Å². The van der Waals surface area contributed by atoms with Gasteiger partial charge in [-0.25, -0.2) is 0 Å². The lowest BCUT2D eigenvalue weighted by Gasteiger charge is -2.34. The molecule has 0 saturated carbocycles. The maximum Gasteiger partial charge on any atom is 0.306 e. The van der Waals surface area contributed by atoms with Crippen LogP contribution >= 0.6 is 15.9 Å². The fourth-order valence-electron chi connectivity index (χ4n) is 3.94. The van der Waals surface area contributed by atoms with Crippen LogP contribution in [-0.2, 0) is 20.9 Å². The highest BCUT2D eigenvalue weighted by Crippen LogP contribution is 2.53. The van der Waals surface area contributed by atoms with Crippen LogP contribution in [0.4, 0.5) is 0 Å². The Morgan fingerprint density at radius 2 is 2.17 bits per heavy atom. The summed E-state index contributed by atoms with van der Waals surface area (Å²) in [4.78, 5) is 26.8. The number of hydrogen-bond donors (Lipinski definition) is 0. The van der Waals surface area contributed by atoms with Gasteiger partial charge in [0, 0.05) is 15.6 Å². The van der Waals surface area contributed by atoms with Crippen molar-refractivity contribution in [2.24, 2.45) is 11.3 Å². The first-order chi connectivity index (χ1) is 11.5. The molecule has 5 heteroatoms. The summed E-state index contributed by atoms with van der Waals surface area (Å²) in [5.41, 5.74) is 1.87. The van der Waals surface area contributed by atoms with Crippen molar-refractivity contribution >= 4 is 27.8 Å². The van der Waals surface area contributed by atoms with Crippen molar-refractivity contribution < 1.29 is 14.3 Å². The molecule has 3 rings (SSSR count). The van der Waals surface area contributed by atoms with Gasteiger partial charge in [-0.3, -0.25) is 9.59 Å². The number of halogens is 1. The van der Waals surface area contributed by atoms with Gasteiger partial charge < -0.3 is 9.64 Å². The van der Waals surface area contributed by atoms with Crippen molar-refractivity contribution in [3.05, 3.63) is 46.1 Å². The molecule has 1 aromatic rings. The number of rotatable bonds is 4. The Kier molecular flexibility index (Phi) is 4.81. The minimum Gasteiger partial charge on any atom is -0.469 e. The number of ether oxygens (including phenoxy) is 1. The summed E-state index contributed by atoms with van der Waals surface area (Å²) in [6, 6.07) is 7.94. The van der Waals surface area contributed by atoms with Crippen LogP contribution in [0.15, 0.2) is 40.5 Å². The van der Waals surface area contributed by atoms with Crippen LogP contribution in [0.25, 0.3) is 0 Å². The third-order valence-electron chi connectivity index (χ3n) is 5.33. The van der Waals surface area contributed by atoms with Gasteiger partial charge in [0.1, 0.15) is 0 Å². The number of fused-ring (bicyclic) bond motifs is 1. The molecule has 0 unspecified atom stereocenters. The number of carbonyl (C=O) groups is 2. The van der Waals surface area contributed by atoms with Crippen LogP contribution in [0.2, 0.25) is 0 Å². The normalized spacial score (nSPS) is 26.1. The maximum atomic E-state index is 13.1. The molecule has 0 aromatic heterocycles. The molecule has 0 radical (unpaired) electrons. The molecule has 1 saturated heterocycles. The maximum absolute atomic E-state index is 13.1. The monoisotopic (exact) mass is 391 g/mol. The number of nitrogens with zero attached hydrogens (tertiary/aromatic N) is 1. The van der Waals surface area contributed by atoms with E-state index in [-0.39, 0.29) is 29.6 Å². The van der Waals surface area contributed by atoms with Gasteiger partial charge in [0.25, 0.3) is 0 Å². The lowest BCUT2D eigenvalue weighted by atomic mass is 9.70. The van der Waals surface area contributed by atoms with Crippen LogP contribution in [0.1, 0.15) is 38.2 Å². The fourth-order valence-corrected chi connectivity index (χ4v) is 4.35. The Morgan fingerprint density at radius 1 is 1.42 bits per heavy atom. The zero-order valence-electron chi connectivity index (χ0n) is 14.0. The molecule has 1 amide bonds. The summed E-state index contributed by atoms with van der Waals surface area (Å²) < 4.78 is 5.81. The van der Waals surface area contributed by atoms with Gasteiger partial charge in [-0.2, -0.15) is 0 Å². The summed E-state index contributed by atoms with van der Waals surface area (Å²) >= 11 is 3.56. The van der Waals surface area contributed by atoms with E-state index in [4.69, 9.17) is 4.74 Å².